The summed E-state index contributed by atoms with van der Waals surface area (Å²) in [6, 6.07) is 4.85. The average Bonchev–Trinajstić information content (AvgIpc) is 2.36. The second-order valence-electron chi connectivity index (χ2n) is 3.53. The van der Waals surface area contributed by atoms with Crippen molar-refractivity contribution in [1.82, 2.24) is 0 Å². The van der Waals surface area contributed by atoms with E-state index in [0.717, 1.165) is 0 Å². The topological polar surface area (TPSA) is 75.7 Å². The van der Waals surface area contributed by atoms with E-state index in [9.17, 15) is 14.4 Å². The smallest absolute Gasteiger partial charge is 0.290 e. The van der Waals surface area contributed by atoms with E-state index in [2.05, 4.69) is 5.32 Å². The van der Waals surface area contributed by atoms with Crippen LogP contribution in [0.3, 0.4) is 0 Å². The zero-order chi connectivity index (χ0) is 12.4. The van der Waals surface area contributed by atoms with Crippen molar-refractivity contribution in [3.63, 3.8) is 0 Å². The molecule has 1 aromatic rings. The van der Waals surface area contributed by atoms with E-state index in [0.29, 0.717) is 17.1 Å². The number of aldehydes is 1. The van der Waals surface area contributed by atoms with Gasteiger partial charge >= 0.3 is 0 Å². The molecule has 0 spiro atoms. The fourth-order valence-corrected chi connectivity index (χ4v) is 1.49. The molecule has 6 heteroatoms. The van der Waals surface area contributed by atoms with Gasteiger partial charge < -0.3 is 15.0 Å². The maximum absolute atomic E-state index is 11.2. The molecule has 0 saturated heterocycles. The van der Waals surface area contributed by atoms with E-state index < -0.39 is 5.91 Å². The molecule has 1 aromatic carbocycles. The Balaban J connectivity index is 2.32. The van der Waals surface area contributed by atoms with Crippen molar-refractivity contribution >= 4 is 29.5 Å². The van der Waals surface area contributed by atoms with Crippen LogP contribution in [0.5, 0.6) is 5.75 Å². The summed E-state index contributed by atoms with van der Waals surface area (Å²) in [4.78, 5) is 33.9. The third-order valence-corrected chi connectivity index (χ3v) is 2.41. The highest BCUT2D eigenvalue weighted by Gasteiger charge is 2.18. The van der Waals surface area contributed by atoms with Crippen molar-refractivity contribution < 1.29 is 19.1 Å². The van der Waals surface area contributed by atoms with Gasteiger partial charge in [-0.3, -0.25) is 14.4 Å². The number of nitrogens with one attached hydrogen (secondary N) is 1. The summed E-state index contributed by atoms with van der Waals surface area (Å²) >= 11 is 0. The molecule has 1 N–H and O–H groups in total. The molecule has 0 aromatic heterocycles. The number of rotatable bonds is 2. The number of carbonyl (C=O) groups is 3. The molecule has 1 heterocycles. The molecule has 0 saturated carbocycles. The molecule has 0 fully saturated rings. The molecule has 88 valence electrons. The molecule has 17 heavy (non-hydrogen) atoms. The van der Waals surface area contributed by atoms with Crippen LogP contribution in [-0.2, 0) is 14.4 Å². The van der Waals surface area contributed by atoms with Crippen LogP contribution in [0.15, 0.2) is 18.2 Å². The van der Waals surface area contributed by atoms with Gasteiger partial charge in [0.05, 0.1) is 5.69 Å². The Hall–Kier alpha value is -2.37. The first-order chi connectivity index (χ1) is 8.11. The minimum Gasteiger partial charge on any atom is -0.482 e. The van der Waals surface area contributed by atoms with E-state index in [1.807, 2.05) is 0 Å². The fraction of sp³-hybridized carbons (Fsp3) is 0.182. The first kappa shape index (κ1) is 11.1. The summed E-state index contributed by atoms with van der Waals surface area (Å²) in [6.07, 6.45) is 0.231. The van der Waals surface area contributed by atoms with E-state index in [-0.39, 0.29) is 18.8 Å². The number of amides is 2. The van der Waals surface area contributed by atoms with Crippen molar-refractivity contribution in [3.05, 3.63) is 18.2 Å². The standard InChI is InChI=1S/C11H10N2O4/c1-13(11(16)5-14)7-2-3-9-8(4-7)12-10(15)6-17-9/h2-5H,6H2,1H3,(H,12,15). The number of hydrogen-bond acceptors (Lipinski definition) is 4. The van der Waals surface area contributed by atoms with Gasteiger partial charge in [0.15, 0.2) is 6.61 Å². The molecular weight excluding hydrogens is 224 g/mol. The minimum atomic E-state index is -0.659. The first-order valence-corrected chi connectivity index (χ1v) is 4.91. The predicted molar refractivity (Wildman–Crippen MR) is 60.0 cm³/mol. The van der Waals surface area contributed by atoms with Crippen molar-refractivity contribution in [2.24, 2.45) is 0 Å². The lowest BCUT2D eigenvalue weighted by Crippen LogP contribution is -2.28. The lowest BCUT2D eigenvalue weighted by atomic mass is 10.2. The predicted octanol–water partition coefficient (Wildman–Crippen LogP) is 0.179. The Morgan fingerprint density at radius 2 is 2.29 bits per heavy atom. The molecule has 0 radical (unpaired) electrons. The number of benzene rings is 1. The third kappa shape index (κ3) is 2.10. The lowest BCUT2D eigenvalue weighted by Gasteiger charge is -2.21. The summed E-state index contributed by atoms with van der Waals surface area (Å²) in [5, 5.41) is 2.62. The summed E-state index contributed by atoms with van der Waals surface area (Å²) < 4.78 is 5.17. The van der Waals surface area contributed by atoms with E-state index >= 15 is 0 Å². The second-order valence-corrected chi connectivity index (χ2v) is 3.53. The number of nitrogens with zero attached hydrogens (tertiary/aromatic N) is 1. The number of fused-ring (bicyclic) bond motifs is 1. The molecule has 2 amide bonds. The van der Waals surface area contributed by atoms with Gasteiger partial charge in [0.1, 0.15) is 5.75 Å². The molecular formula is C11H10N2O4. The van der Waals surface area contributed by atoms with Crippen LogP contribution in [0.2, 0.25) is 0 Å². The largest absolute Gasteiger partial charge is 0.482 e. The van der Waals surface area contributed by atoms with Crippen LogP contribution >= 0.6 is 0 Å². The Kier molecular flexibility index (Phi) is 2.78. The fourth-order valence-electron chi connectivity index (χ4n) is 1.49. The Morgan fingerprint density at radius 1 is 1.53 bits per heavy atom. The monoisotopic (exact) mass is 234 g/mol. The molecule has 6 nitrogen and oxygen atoms in total. The molecule has 1 aliphatic heterocycles. The van der Waals surface area contributed by atoms with Gasteiger partial charge in [0.2, 0.25) is 6.29 Å². The Morgan fingerprint density at radius 3 is 3.00 bits per heavy atom. The lowest BCUT2D eigenvalue weighted by molar-refractivity contribution is -0.129. The van der Waals surface area contributed by atoms with Gasteiger partial charge in [0, 0.05) is 12.7 Å². The van der Waals surface area contributed by atoms with Gasteiger partial charge in [-0.25, -0.2) is 0 Å². The highest BCUT2D eigenvalue weighted by Crippen LogP contribution is 2.31. The van der Waals surface area contributed by atoms with Gasteiger partial charge in [-0.15, -0.1) is 0 Å². The quantitative estimate of drug-likeness (QED) is 0.585. The van der Waals surface area contributed by atoms with Crippen molar-refractivity contribution in [3.8, 4) is 5.75 Å². The highest BCUT2D eigenvalue weighted by atomic mass is 16.5. The number of ether oxygens (including phenoxy) is 1. The van der Waals surface area contributed by atoms with Crippen LogP contribution in [-0.4, -0.2) is 31.8 Å². The zero-order valence-corrected chi connectivity index (χ0v) is 9.10. The Labute approximate surface area is 97.2 Å². The molecule has 2 rings (SSSR count). The van der Waals surface area contributed by atoms with Crippen LogP contribution < -0.4 is 15.0 Å². The van der Waals surface area contributed by atoms with Crippen LogP contribution in [0.25, 0.3) is 0 Å². The molecule has 0 atom stereocenters. The van der Waals surface area contributed by atoms with Crippen LogP contribution in [0.1, 0.15) is 0 Å². The summed E-state index contributed by atoms with van der Waals surface area (Å²) in [7, 11) is 1.48. The molecule has 0 unspecified atom stereocenters. The molecule has 0 bridgehead atoms. The van der Waals surface area contributed by atoms with E-state index in [1.165, 1.54) is 11.9 Å². The van der Waals surface area contributed by atoms with E-state index in [1.54, 1.807) is 18.2 Å². The summed E-state index contributed by atoms with van der Waals surface area (Å²) in [6.45, 7) is -0.0184. The number of hydrogen-bond donors (Lipinski definition) is 1. The molecule has 1 aliphatic rings. The van der Waals surface area contributed by atoms with Crippen molar-refractivity contribution in [2.75, 3.05) is 23.9 Å². The first-order valence-electron chi connectivity index (χ1n) is 4.91. The normalized spacial score (nSPS) is 13.1. The van der Waals surface area contributed by atoms with Crippen LogP contribution in [0.4, 0.5) is 11.4 Å². The van der Waals surface area contributed by atoms with Gasteiger partial charge in [-0.2, -0.15) is 0 Å². The van der Waals surface area contributed by atoms with Gasteiger partial charge in [-0.1, -0.05) is 0 Å². The third-order valence-electron chi connectivity index (χ3n) is 2.41. The summed E-state index contributed by atoms with van der Waals surface area (Å²) in [5.74, 6) is -0.368. The van der Waals surface area contributed by atoms with Crippen molar-refractivity contribution in [1.29, 1.82) is 0 Å². The Bertz CT molecular complexity index is 498. The van der Waals surface area contributed by atoms with Crippen LogP contribution in [0, 0.1) is 0 Å². The maximum atomic E-state index is 11.2. The number of carbonyl (C=O) groups excluding carboxylic acids is 3. The molecule has 0 aliphatic carbocycles. The highest BCUT2D eigenvalue weighted by molar-refractivity contribution is 6.30. The second kappa shape index (κ2) is 4.25. The van der Waals surface area contributed by atoms with Gasteiger partial charge in [-0.05, 0) is 18.2 Å². The van der Waals surface area contributed by atoms with Gasteiger partial charge in [0.25, 0.3) is 11.8 Å². The SMILES string of the molecule is CN(C(=O)C=O)c1ccc2c(c1)NC(=O)CO2. The van der Waals surface area contributed by atoms with Crippen molar-refractivity contribution in [2.45, 2.75) is 0 Å². The number of anilines is 2. The number of likely N-dealkylation sites (N-methyl/N-ethyl adjacent to an activating group) is 1. The minimum absolute atomic E-state index is 0.0184. The maximum Gasteiger partial charge on any atom is 0.290 e. The van der Waals surface area contributed by atoms with E-state index in [4.69, 9.17) is 4.74 Å². The summed E-state index contributed by atoms with van der Waals surface area (Å²) in [5.41, 5.74) is 0.996. The average molecular weight is 234 g/mol. The zero-order valence-electron chi connectivity index (χ0n) is 9.10.